The molecular weight excluding hydrogens is 226 g/mol. The van der Waals surface area contributed by atoms with Gasteiger partial charge in [0.15, 0.2) is 0 Å². The average molecular weight is 251 g/mol. The van der Waals surface area contributed by atoms with Gasteiger partial charge >= 0.3 is 0 Å². The van der Waals surface area contributed by atoms with E-state index in [-0.39, 0.29) is 0 Å². The van der Waals surface area contributed by atoms with Gasteiger partial charge in [-0.15, -0.1) is 11.3 Å². The second-order valence-electron chi connectivity index (χ2n) is 5.51. The van der Waals surface area contributed by atoms with Crippen LogP contribution in [0.2, 0.25) is 0 Å². The summed E-state index contributed by atoms with van der Waals surface area (Å²) in [5.41, 5.74) is 2.06. The van der Waals surface area contributed by atoms with E-state index in [4.69, 9.17) is 0 Å². The van der Waals surface area contributed by atoms with Gasteiger partial charge in [0.2, 0.25) is 0 Å². The molecular formula is C15H25NS. The summed E-state index contributed by atoms with van der Waals surface area (Å²) in [6, 6.07) is 2.96. The van der Waals surface area contributed by atoms with Crippen molar-refractivity contribution in [1.29, 1.82) is 0 Å². The van der Waals surface area contributed by atoms with Crippen LogP contribution in [0.15, 0.2) is 6.07 Å². The Morgan fingerprint density at radius 2 is 2.00 bits per heavy atom. The van der Waals surface area contributed by atoms with Gasteiger partial charge in [0.25, 0.3) is 0 Å². The highest BCUT2D eigenvalue weighted by atomic mass is 32.1. The van der Waals surface area contributed by atoms with Crippen molar-refractivity contribution < 1.29 is 0 Å². The molecule has 1 N–H and O–H groups in total. The summed E-state index contributed by atoms with van der Waals surface area (Å²) < 4.78 is 0. The summed E-state index contributed by atoms with van der Waals surface area (Å²) in [6.07, 6.45) is 6.90. The van der Waals surface area contributed by atoms with Crippen LogP contribution in [0.4, 0.5) is 0 Å². The zero-order valence-electron chi connectivity index (χ0n) is 11.6. The molecule has 1 atom stereocenters. The average Bonchev–Trinajstić information content (AvgIpc) is 2.89. The summed E-state index contributed by atoms with van der Waals surface area (Å²) in [5, 5.41) is 3.61. The Hall–Kier alpha value is -0.340. The fraction of sp³-hybridized carbons (Fsp3) is 0.733. The molecule has 1 unspecified atom stereocenters. The molecule has 0 saturated heterocycles. The summed E-state index contributed by atoms with van der Waals surface area (Å²) in [7, 11) is 2.13. The normalized spacial score (nSPS) is 20.7. The molecule has 2 rings (SSSR count). The van der Waals surface area contributed by atoms with Crippen LogP contribution in [0.5, 0.6) is 0 Å². The van der Waals surface area contributed by atoms with Crippen molar-refractivity contribution in [1.82, 2.24) is 5.32 Å². The molecule has 1 fully saturated rings. The molecule has 0 bridgehead atoms. The number of hydrogen-bond donors (Lipinski definition) is 1. The van der Waals surface area contributed by atoms with Crippen LogP contribution < -0.4 is 5.32 Å². The first kappa shape index (κ1) is 13.1. The van der Waals surface area contributed by atoms with Crippen molar-refractivity contribution in [2.75, 3.05) is 7.05 Å². The lowest BCUT2D eigenvalue weighted by molar-refractivity contribution is 0.195. The van der Waals surface area contributed by atoms with Gasteiger partial charge in [0.1, 0.15) is 0 Å². The van der Waals surface area contributed by atoms with Crippen molar-refractivity contribution >= 4 is 11.3 Å². The van der Waals surface area contributed by atoms with Gasteiger partial charge in [-0.25, -0.2) is 0 Å². The second-order valence-corrected chi connectivity index (χ2v) is 6.97. The number of nitrogens with one attached hydrogen (secondary N) is 1. The van der Waals surface area contributed by atoms with Crippen LogP contribution in [0, 0.1) is 19.3 Å². The van der Waals surface area contributed by atoms with Crippen LogP contribution in [0.25, 0.3) is 0 Å². The Balaban J connectivity index is 2.35. The molecule has 17 heavy (non-hydrogen) atoms. The maximum Gasteiger partial charge on any atom is 0.0385 e. The lowest BCUT2D eigenvalue weighted by atomic mass is 9.73. The first-order chi connectivity index (χ1) is 8.13. The standard InChI is InChI=1S/C15H25NS/c1-5-15(8-6-7-9-15)14(16-4)13-10-11(2)17-12(13)3/h10,14,16H,5-9H2,1-4H3. The summed E-state index contributed by atoms with van der Waals surface area (Å²) in [5.74, 6) is 0. The first-order valence-corrected chi connectivity index (χ1v) is 7.69. The van der Waals surface area contributed by atoms with Crippen LogP contribution in [-0.4, -0.2) is 7.05 Å². The Bertz CT molecular complexity index is 374. The maximum absolute atomic E-state index is 3.61. The molecule has 1 heterocycles. The van der Waals surface area contributed by atoms with E-state index in [0.717, 1.165) is 0 Å². The molecule has 2 heteroatoms. The van der Waals surface area contributed by atoms with Gasteiger partial charge < -0.3 is 5.32 Å². The number of aryl methyl sites for hydroxylation is 2. The SMILES string of the molecule is CCC1(C(NC)c2cc(C)sc2C)CCCC1. The highest BCUT2D eigenvalue weighted by Crippen LogP contribution is 2.51. The fourth-order valence-corrected chi connectivity index (χ4v) is 4.62. The predicted molar refractivity (Wildman–Crippen MR) is 76.8 cm³/mol. The summed E-state index contributed by atoms with van der Waals surface area (Å²) in [6.45, 7) is 6.86. The van der Waals surface area contributed by atoms with E-state index in [1.54, 1.807) is 5.56 Å². The Kier molecular flexibility index (Phi) is 3.94. The molecule has 1 aliphatic rings. The fourth-order valence-electron chi connectivity index (χ4n) is 3.65. The van der Waals surface area contributed by atoms with E-state index in [2.05, 4.69) is 39.2 Å². The minimum atomic E-state index is 0.507. The lowest BCUT2D eigenvalue weighted by Gasteiger charge is -2.37. The largest absolute Gasteiger partial charge is 0.312 e. The molecule has 1 saturated carbocycles. The molecule has 0 aromatic carbocycles. The third kappa shape index (κ3) is 2.30. The lowest BCUT2D eigenvalue weighted by Crippen LogP contribution is -2.34. The highest BCUT2D eigenvalue weighted by molar-refractivity contribution is 7.12. The Morgan fingerprint density at radius 3 is 2.41 bits per heavy atom. The van der Waals surface area contributed by atoms with Crippen molar-refractivity contribution in [3.8, 4) is 0 Å². The minimum absolute atomic E-state index is 0.507. The zero-order valence-corrected chi connectivity index (χ0v) is 12.4. The van der Waals surface area contributed by atoms with E-state index in [1.165, 1.54) is 41.9 Å². The van der Waals surface area contributed by atoms with Crippen LogP contribution >= 0.6 is 11.3 Å². The number of thiophene rings is 1. The first-order valence-electron chi connectivity index (χ1n) is 6.87. The molecule has 96 valence electrons. The van der Waals surface area contributed by atoms with Gasteiger partial charge in [-0.3, -0.25) is 0 Å². The maximum atomic E-state index is 3.61. The van der Waals surface area contributed by atoms with Crippen molar-refractivity contribution in [3.63, 3.8) is 0 Å². The van der Waals surface area contributed by atoms with E-state index in [0.29, 0.717) is 11.5 Å². The Morgan fingerprint density at radius 1 is 1.35 bits per heavy atom. The quantitative estimate of drug-likeness (QED) is 0.825. The van der Waals surface area contributed by atoms with E-state index in [9.17, 15) is 0 Å². The smallest absolute Gasteiger partial charge is 0.0385 e. The molecule has 0 aliphatic heterocycles. The Labute approximate surface area is 110 Å². The van der Waals surface area contributed by atoms with Crippen molar-refractivity contribution in [2.24, 2.45) is 5.41 Å². The monoisotopic (exact) mass is 251 g/mol. The molecule has 0 spiro atoms. The van der Waals surface area contributed by atoms with Crippen molar-refractivity contribution in [2.45, 2.75) is 58.9 Å². The highest BCUT2D eigenvalue weighted by Gasteiger charge is 2.40. The van der Waals surface area contributed by atoms with Gasteiger partial charge in [0.05, 0.1) is 0 Å². The van der Waals surface area contributed by atoms with E-state index < -0.39 is 0 Å². The van der Waals surface area contributed by atoms with Gasteiger partial charge in [-0.2, -0.15) is 0 Å². The molecule has 1 aromatic heterocycles. The second kappa shape index (κ2) is 5.11. The minimum Gasteiger partial charge on any atom is -0.312 e. The predicted octanol–water partition coefficient (Wildman–Crippen LogP) is 4.60. The van der Waals surface area contributed by atoms with Gasteiger partial charge in [-0.1, -0.05) is 19.8 Å². The summed E-state index contributed by atoms with van der Waals surface area (Å²) in [4.78, 5) is 2.95. The van der Waals surface area contributed by atoms with E-state index in [1.807, 2.05) is 11.3 Å². The topological polar surface area (TPSA) is 12.0 Å². The zero-order chi connectivity index (χ0) is 12.5. The molecule has 0 amide bonds. The van der Waals surface area contributed by atoms with Gasteiger partial charge in [0, 0.05) is 15.8 Å². The van der Waals surface area contributed by atoms with Crippen LogP contribution in [0.1, 0.15) is 60.4 Å². The molecule has 1 nitrogen and oxygen atoms in total. The molecule has 1 aromatic rings. The third-order valence-corrected chi connectivity index (χ3v) is 5.58. The van der Waals surface area contributed by atoms with E-state index >= 15 is 0 Å². The summed E-state index contributed by atoms with van der Waals surface area (Å²) >= 11 is 1.94. The van der Waals surface area contributed by atoms with Crippen molar-refractivity contribution in [3.05, 3.63) is 21.4 Å². The van der Waals surface area contributed by atoms with Gasteiger partial charge in [-0.05, 0) is 57.2 Å². The third-order valence-electron chi connectivity index (χ3n) is 4.59. The number of rotatable bonds is 4. The molecule has 0 radical (unpaired) electrons. The van der Waals surface area contributed by atoms with Crippen LogP contribution in [0.3, 0.4) is 0 Å². The number of hydrogen-bond acceptors (Lipinski definition) is 2. The molecule has 1 aliphatic carbocycles. The van der Waals surface area contributed by atoms with Crippen LogP contribution in [-0.2, 0) is 0 Å².